The number of thiazole rings is 1. The van der Waals surface area contributed by atoms with Gasteiger partial charge in [-0.05, 0) is 37.9 Å². The molecule has 0 aliphatic rings. The lowest BCUT2D eigenvalue weighted by atomic mass is 10.2. The summed E-state index contributed by atoms with van der Waals surface area (Å²) in [6.07, 6.45) is 1.27. The van der Waals surface area contributed by atoms with Crippen LogP contribution < -0.4 is 5.43 Å². The number of nitrogens with zero attached hydrogens (tertiary/aromatic N) is 2. The van der Waals surface area contributed by atoms with Crippen molar-refractivity contribution in [2.24, 2.45) is 5.10 Å². The first-order chi connectivity index (χ1) is 11.6. The summed E-state index contributed by atoms with van der Waals surface area (Å²) in [6, 6.07) is 10.9. The molecule has 0 atom stereocenters. The van der Waals surface area contributed by atoms with Crippen LogP contribution in [-0.2, 0) is 0 Å². The SMILES string of the molecule is Fc1cc(Br)c(C=NNc2nc(-c3ccccc3)cs2)c(F)c1Br. The maximum atomic E-state index is 14.0. The van der Waals surface area contributed by atoms with Gasteiger partial charge in [-0.15, -0.1) is 11.3 Å². The molecule has 122 valence electrons. The van der Waals surface area contributed by atoms with E-state index in [1.807, 2.05) is 35.7 Å². The summed E-state index contributed by atoms with van der Waals surface area (Å²) in [5.74, 6) is -1.41. The molecule has 0 saturated heterocycles. The fourth-order valence-corrected chi connectivity index (χ4v) is 3.39. The summed E-state index contributed by atoms with van der Waals surface area (Å²) in [4.78, 5) is 4.41. The topological polar surface area (TPSA) is 37.3 Å². The average molecular weight is 473 g/mol. The zero-order valence-corrected chi connectivity index (χ0v) is 15.9. The van der Waals surface area contributed by atoms with E-state index in [0.29, 0.717) is 5.13 Å². The number of anilines is 1. The second-order valence-corrected chi connectivity index (χ2v) is 7.16. The van der Waals surface area contributed by atoms with Gasteiger partial charge >= 0.3 is 0 Å². The summed E-state index contributed by atoms with van der Waals surface area (Å²) in [5.41, 5.74) is 4.72. The van der Waals surface area contributed by atoms with Gasteiger partial charge in [-0.1, -0.05) is 30.3 Å². The van der Waals surface area contributed by atoms with E-state index in [1.165, 1.54) is 23.6 Å². The molecule has 1 aromatic heterocycles. The molecule has 0 unspecified atom stereocenters. The summed E-state index contributed by atoms with van der Waals surface area (Å²) in [7, 11) is 0. The van der Waals surface area contributed by atoms with Crippen molar-refractivity contribution in [3.63, 3.8) is 0 Å². The maximum Gasteiger partial charge on any atom is 0.203 e. The molecule has 3 aromatic rings. The number of hydrogen-bond donors (Lipinski definition) is 1. The van der Waals surface area contributed by atoms with Crippen molar-refractivity contribution in [1.29, 1.82) is 0 Å². The smallest absolute Gasteiger partial charge is 0.203 e. The Morgan fingerprint density at radius 1 is 1.17 bits per heavy atom. The minimum absolute atomic E-state index is 0.135. The highest BCUT2D eigenvalue weighted by atomic mass is 79.9. The predicted octanol–water partition coefficient (Wildman–Crippen LogP) is 6.06. The Labute approximate surface area is 157 Å². The Morgan fingerprint density at radius 3 is 2.67 bits per heavy atom. The van der Waals surface area contributed by atoms with E-state index in [2.05, 4.69) is 47.4 Å². The molecule has 1 N–H and O–H groups in total. The van der Waals surface area contributed by atoms with Crippen molar-refractivity contribution >= 4 is 54.5 Å². The van der Waals surface area contributed by atoms with Gasteiger partial charge in [0.1, 0.15) is 11.6 Å². The van der Waals surface area contributed by atoms with Crippen LogP contribution in [0.1, 0.15) is 5.56 Å². The highest BCUT2D eigenvalue weighted by Gasteiger charge is 2.14. The van der Waals surface area contributed by atoms with Crippen molar-refractivity contribution in [3.05, 3.63) is 67.9 Å². The molecule has 1 heterocycles. The Balaban J connectivity index is 1.76. The molecule has 3 nitrogen and oxygen atoms in total. The van der Waals surface area contributed by atoms with Crippen LogP contribution in [0.5, 0.6) is 0 Å². The molecule has 0 aliphatic heterocycles. The van der Waals surface area contributed by atoms with Crippen molar-refractivity contribution < 1.29 is 8.78 Å². The molecule has 0 fully saturated rings. The zero-order chi connectivity index (χ0) is 17.1. The summed E-state index contributed by atoms with van der Waals surface area (Å²) in [5, 5.41) is 6.44. The van der Waals surface area contributed by atoms with E-state index >= 15 is 0 Å². The molecule has 0 bridgehead atoms. The van der Waals surface area contributed by atoms with Crippen LogP contribution in [0.4, 0.5) is 13.9 Å². The van der Waals surface area contributed by atoms with Gasteiger partial charge in [0.05, 0.1) is 16.4 Å². The second kappa shape index (κ2) is 7.50. The minimum atomic E-state index is -0.725. The number of hydrogen-bond acceptors (Lipinski definition) is 4. The van der Waals surface area contributed by atoms with Gasteiger partial charge in [-0.25, -0.2) is 13.8 Å². The molecule has 0 aliphatic carbocycles. The summed E-state index contributed by atoms with van der Waals surface area (Å²) in [6.45, 7) is 0. The van der Waals surface area contributed by atoms with E-state index in [4.69, 9.17) is 0 Å². The fourth-order valence-electron chi connectivity index (χ4n) is 1.92. The number of hydrazone groups is 1. The van der Waals surface area contributed by atoms with Crippen LogP contribution in [-0.4, -0.2) is 11.2 Å². The van der Waals surface area contributed by atoms with Gasteiger partial charge in [0, 0.05) is 21.0 Å². The van der Waals surface area contributed by atoms with Crippen molar-refractivity contribution in [2.75, 3.05) is 5.43 Å². The fraction of sp³-hybridized carbons (Fsp3) is 0. The van der Waals surface area contributed by atoms with Crippen LogP contribution in [0.3, 0.4) is 0 Å². The average Bonchev–Trinajstić information content (AvgIpc) is 3.06. The third kappa shape index (κ3) is 3.71. The minimum Gasteiger partial charge on any atom is -0.253 e. The first kappa shape index (κ1) is 17.2. The van der Waals surface area contributed by atoms with Crippen LogP contribution in [0.2, 0.25) is 0 Å². The Bertz CT molecular complexity index is 898. The second-order valence-electron chi connectivity index (χ2n) is 4.66. The van der Waals surface area contributed by atoms with Gasteiger partial charge in [0.15, 0.2) is 0 Å². The van der Waals surface area contributed by atoms with Crippen LogP contribution >= 0.6 is 43.2 Å². The lowest BCUT2D eigenvalue weighted by Gasteiger charge is -2.04. The van der Waals surface area contributed by atoms with Gasteiger partial charge in [-0.2, -0.15) is 5.10 Å². The summed E-state index contributed by atoms with van der Waals surface area (Å²) < 4.78 is 27.5. The highest BCUT2D eigenvalue weighted by molar-refractivity contribution is 9.11. The van der Waals surface area contributed by atoms with Crippen molar-refractivity contribution in [3.8, 4) is 11.3 Å². The molecule has 0 amide bonds. The molecular formula is C16H9Br2F2N3S. The predicted molar refractivity (Wildman–Crippen MR) is 101 cm³/mol. The van der Waals surface area contributed by atoms with Gasteiger partial charge in [0.2, 0.25) is 5.13 Å². The lowest BCUT2D eigenvalue weighted by molar-refractivity contribution is 0.569. The van der Waals surface area contributed by atoms with E-state index in [1.54, 1.807) is 0 Å². The van der Waals surface area contributed by atoms with E-state index in [0.717, 1.165) is 11.3 Å². The van der Waals surface area contributed by atoms with Gasteiger partial charge in [0.25, 0.3) is 0 Å². The summed E-state index contributed by atoms with van der Waals surface area (Å²) >= 11 is 7.37. The van der Waals surface area contributed by atoms with Crippen LogP contribution in [0, 0.1) is 11.6 Å². The normalized spacial score (nSPS) is 11.2. The van der Waals surface area contributed by atoms with Crippen LogP contribution in [0.25, 0.3) is 11.3 Å². The number of aromatic nitrogens is 1. The van der Waals surface area contributed by atoms with E-state index < -0.39 is 11.6 Å². The molecule has 8 heteroatoms. The van der Waals surface area contributed by atoms with Gasteiger partial charge in [-0.3, -0.25) is 5.43 Å². The molecule has 3 rings (SSSR count). The molecule has 0 radical (unpaired) electrons. The number of benzene rings is 2. The Hall–Kier alpha value is -1.64. The van der Waals surface area contributed by atoms with E-state index in [-0.39, 0.29) is 14.5 Å². The van der Waals surface area contributed by atoms with E-state index in [9.17, 15) is 8.78 Å². The third-order valence-corrected chi connectivity index (χ3v) is 5.21. The van der Waals surface area contributed by atoms with Crippen LogP contribution in [0.15, 0.2) is 55.8 Å². The lowest BCUT2D eigenvalue weighted by Crippen LogP contribution is -1.97. The monoisotopic (exact) mass is 471 g/mol. The largest absolute Gasteiger partial charge is 0.253 e. The Kier molecular flexibility index (Phi) is 5.37. The molecule has 24 heavy (non-hydrogen) atoms. The molecule has 0 spiro atoms. The Morgan fingerprint density at radius 2 is 1.92 bits per heavy atom. The maximum absolute atomic E-state index is 14.0. The first-order valence-electron chi connectivity index (χ1n) is 6.69. The van der Waals surface area contributed by atoms with Crippen molar-refractivity contribution in [2.45, 2.75) is 0 Å². The first-order valence-corrected chi connectivity index (χ1v) is 9.16. The van der Waals surface area contributed by atoms with Gasteiger partial charge < -0.3 is 0 Å². The number of rotatable bonds is 4. The molecule has 0 saturated carbocycles. The van der Waals surface area contributed by atoms with Crippen molar-refractivity contribution in [1.82, 2.24) is 4.98 Å². The highest BCUT2D eigenvalue weighted by Crippen LogP contribution is 2.28. The zero-order valence-electron chi connectivity index (χ0n) is 11.9. The molecule has 2 aromatic carbocycles. The number of halogens is 4. The number of nitrogens with one attached hydrogen (secondary N) is 1. The third-order valence-electron chi connectivity index (χ3n) is 3.08. The quantitative estimate of drug-likeness (QED) is 0.217. The molecular weight excluding hydrogens is 464 g/mol. The standard InChI is InChI=1S/C16H9Br2F2N3S/c17-11-6-12(19)14(18)15(20)10(11)7-21-23-16-22-13(8-24-16)9-4-2-1-3-5-9/h1-8H,(H,22,23).